The van der Waals surface area contributed by atoms with Crippen LogP contribution in [0.4, 0.5) is 34.1 Å². The van der Waals surface area contributed by atoms with Crippen molar-refractivity contribution in [3.05, 3.63) is 188 Å². The van der Waals surface area contributed by atoms with Gasteiger partial charge in [0, 0.05) is 73.3 Å². The Morgan fingerprint density at radius 3 is 0.833 bits per heavy atom. The summed E-state index contributed by atoms with van der Waals surface area (Å²) in [4.78, 5) is 4.86. The molecule has 326 valence electrons. The second-order valence-electron chi connectivity index (χ2n) is 19.2. The Bertz CT molecular complexity index is 3400. The van der Waals surface area contributed by atoms with E-state index in [1.165, 1.54) is 66.8 Å². The van der Waals surface area contributed by atoms with Crippen molar-refractivity contribution in [2.24, 2.45) is 0 Å². The van der Waals surface area contributed by atoms with E-state index in [0.29, 0.717) is 0 Å². The van der Waals surface area contributed by atoms with Gasteiger partial charge < -0.3 is 18.6 Å². The van der Waals surface area contributed by atoms with Crippen LogP contribution in [0.5, 0.6) is 0 Å². The summed E-state index contributed by atoms with van der Waals surface area (Å²) in [5, 5.41) is 8.99. The van der Waals surface area contributed by atoms with Gasteiger partial charge in [-0.15, -0.1) is 0 Å². The first-order valence-corrected chi connectivity index (χ1v) is 23.2. The minimum absolute atomic E-state index is 0.803. The summed E-state index contributed by atoms with van der Waals surface area (Å²) in [6, 6.07) is 45.2. The van der Waals surface area contributed by atoms with Crippen molar-refractivity contribution in [3.63, 3.8) is 0 Å². The number of rotatable bonds is 6. The van der Waals surface area contributed by atoms with Crippen LogP contribution in [-0.2, 0) is 0 Å². The molecule has 4 nitrogen and oxygen atoms in total. The van der Waals surface area contributed by atoms with E-state index in [9.17, 15) is 0 Å². The fraction of sp³-hybridized carbons (Fsp3) is 0.194. The Kier molecular flexibility index (Phi) is 9.50. The van der Waals surface area contributed by atoms with Crippen molar-refractivity contribution in [1.29, 1.82) is 0 Å². The molecule has 0 saturated heterocycles. The summed E-state index contributed by atoms with van der Waals surface area (Å²) >= 11 is 0. The van der Waals surface area contributed by atoms with E-state index in [2.05, 4.69) is 214 Å². The monoisotopic (exact) mass is 860 g/mol. The van der Waals surface area contributed by atoms with Gasteiger partial charge in [0.1, 0.15) is 22.3 Å². The second kappa shape index (κ2) is 15.1. The number of fused-ring (bicyclic) bond motifs is 10. The van der Waals surface area contributed by atoms with Gasteiger partial charge in [-0.2, -0.15) is 0 Å². The molecule has 11 aromatic rings. The van der Waals surface area contributed by atoms with E-state index in [1.54, 1.807) is 0 Å². The van der Waals surface area contributed by atoms with Crippen LogP contribution >= 0.6 is 0 Å². The summed E-state index contributed by atoms with van der Waals surface area (Å²) < 4.78 is 14.0. The van der Waals surface area contributed by atoms with Crippen molar-refractivity contribution in [2.45, 2.75) is 83.1 Å². The van der Waals surface area contributed by atoms with Crippen molar-refractivity contribution < 1.29 is 8.83 Å². The maximum absolute atomic E-state index is 6.99. The third-order valence-electron chi connectivity index (χ3n) is 15.2. The summed E-state index contributed by atoms with van der Waals surface area (Å²) in [5.74, 6) is 0. The number of hydrogen-bond donors (Lipinski definition) is 0. The second-order valence-corrected chi connectivity index (χ2v) is 19.2. The molecule has 0 aliphatic carbocycles. The fourth-order valence-electron chi connectivity index (χ4n) is 10.5. The van der Waals surface area contributed by atoms with Crippen LogP contribution in [0.25, 0.3) is 65.4 Å². The topological polar surface area (TPSA) is 32.8 Å². The maximum atomic E-state index is 6.99. The van der Waals surface area contributed by atoms with Gasteiger partial charge >= 0.3 is 0 Å². The van der Waals surface area contributed by atoms with Crippen molar-refractivity contribution in [2.75, 3.05) is 9.80 Å². The molecule has 9 aromatic carbocycles. The molecule has 0 aliphatic heterocycles. The predicted octanol–water partition coefficient (Wildman–Crippen LogP) is 18.4. The molecule has 11 rings (SSSR count). The van der Waals surface area contributed by atoms with Crippen LogP contribution in [0, 0.1) is 83.1 Å². The molecule has 0 saturated carbocycles. The van der Waals surface area contributed by atoms with Crippen molar-refractivity contribution in [1.82, 2.24) is 0 Å². The lowest BCUT2D eigenvalue weighted by atomic mass is 9.96. The number of anilines is 6. The number of benzene rings is 9. The average Bonchev–Trinajstić information content (AvgIpc) is 3.84. The fourth-order valence-corrected chi connectivity index (χ4v) is 10.5. The standard InChI is InChI=1S/C62H56N2O2/c1-33-21-45(22-34(2)41(33)9)63(46-23-35(3)42(10)36(4)24-46)55-30-59-61(51-19-15-13-17-49(51)55)53-29-54-58(32-57(53)65-59)66-60-31-56(50-18-14-16-20-52(50)62(54)60)64(47-25-37(5)43(11)38(6)26-47)48-27-39(7)44(12)40(8)28-48/h13-32H,1-12H3. The van der Waals surface area contributed by atoms with Crippen molar-refractivity contribution >= 4 is 99.5 Å². The molecule has 2 aromatic heterocycles. The Labute approximate surface area is 387 Å². The molecule has 0 N–H and O–H groups in total. The molecule has 0 aliphatic rings. The van der Waals surface area contributed by atoms with Gasteiger partial charge in [0.2, 0.25) is 0 Å². The molecule has 0 unspecified atom stereocenters. The summed E-state index contributed by atoms with van der Waals surface area (Å²) in [7, 11) is 0. The van der Waals surface area contributed by atoms with Gasteiger partial charge in [0.15, 0.2) is 0 Å². The van der Waals surface area contributed by atoms with Gasteiger partial charge in [0.25, 0.3) is 0 Å². The van der Waals surface area contributed by atoms with Gasteiger partial charge in [-0.3, -0.25) is 0 Å². The Morgan fingerprint density at radius 1 is 0.273 bits per heavy atom. The molecule has 4 heteroatoms. The smallest absolute Gasteiger partial charge is 0.139 e. The third-order valence-corrected chi connectivity index (χ3v) is 15.2. The van der Waals surface area contributed by atoms with Gasteiger partial charge in [-0.25, -0.2) is 0 Å². The molecule has 0 amide bonds. The lowest BCUT2D eigenvalue weighted by Gasteiger charge is -2.29. The third kappa shape index (κ3) is 6.33. The molecular weight excluding hydrogens is 805 g/mol. The largest absolute Gasteiger partial charge is 0.456 e. The van der Waals surface area contributed by atoms with Crippen LogP contribution in [0.2, 0.25) is 0 Å². The minimum atomic E-state index is 0.803. The lowest BCUT2D eigenvalue weighted by Crippen LogP contribution is -2.12. The normalized spacial score (nSPS) is 11.9. The highest BCUT2D eigenvalue weighted by molar-refractivity contribution is 6.28. The highest BCUT2D eigenvalue weighted by Gasteiger charge is 2.25. The molecule has 0 spiro atoms. The Hall–Kier alpha value is -7.30. The molecule has 66 heavy (non-hydrogen) atoms. The van der Waals surface area contributed by atoms with E-state index in [0.717, 1.165) is 99.5 Å². The molecular formula is C62H56N2O2. The zero-order valence-electron chi connectivity index (χ0n) is 40.3. The summed E-state index contributed by atoms with van der Waals surface area (Å²) in [6.45, 7) is 26.6. The number of aryl methyl sites for hydroxylation is 8. The number of furan rings is 2. The first-order valence-electron chi connectivity index (χ1n) is 23.2. The van der Waals surface area contributed by atoms with Crippen LogP contribution in [0.1, 0.15) is 66.8 Å². The van der Waals surface area contributed by atoms with Gasteiger partial charge in [-0.05, 0) is 215 Å². The van der Waals surface area contributed by atoms with E-state index in [4.69, 9.17) is 8.83 Å². The highest BCUT2D eigenvalue weighted by atomic mass is 16.3. The molecule has 0 radical (unpaired) electrons. The number of nitrogens with zero attached hydrogens (tertiary/aromatic N) is 2. The Morgan fingerprint density at radius 2 is 0.545 bits per heavy atom. The predicted molar refractivity (Wildman–Crippen MR) is 282 cm³/mol. The van der Waals surface area contributed by atoms with Crippen LogP contribution in [0.15, 0.2) is 130 Å². The van der Waals surface area contributed by atoms with Gasteiger partial charge in [-0.1, -0.05) is 48.5 Å². The summed E-state index contributed by atoms with van der Waals surface area (Å²) in [6.07, 6.45) is 0. The maximum Gasteiger partial charge on any atom is 0.139 e. The van der Waals surface area contributed by atoms with E-state index >= 15 is 0 Å². The zero-order chi connectivity index (χ0) is 46.0. The van der Waals surface area contributed by atoms with Gasteiger partial charge in [0.05, 0.1) is 11.4 Å². The minimum Gasteiger partial charge on any atom is -0.456 e. The number of hydrogen-bond acceptors (Lipinski definition) is 4. The van der Waals surface area contributed by atoms with E-state index < -0.39 is 0 Å². The molecule has 0 atom stereocenters. The molecule has 2 heterocycles. The van der Waals surface area contributed by atoms with Crippen LogP contribution in [0.3, 0.4) is 0 Å². The van der Waals surface area contributed by atoms with Crippen LogP contribution in [-0.4, -0.2) is 0 Å². The highest BCUT2D eigenvalue weighted by Crippen LogP contribution is 2.49. The molecule has 0 fully saturated rings. The first kappa shape index (κ1) is 41.4. The van der Waals surface area contributed by atoms with Crippen molar-refractivity contribution in [3.8, 4) is 0 Å². The SMILES string of the molecule is Cc1cc(N(c2cc(C)c(C)c(C)c2)c2cc3oc4cc5oc6cc(N(c7cc(C)c(C)c(C)c7)c7cc(C)c(C)c(C)c7)c7ccccc7c6c5cc4c3c3ccccc23)cc(C)c1C. The quantitative estimate of drug-likeness (QED) is 0.167. The van der Waals surface area contributed by atoms with E-state index in [-0.39, 0.29) is 0 Å². The first-order chi connectivity index (χ1) is 31.7. The summed E-state index contributed by atoms with van der Waals surface area (Å²) in [5.41, 5.74) is 25.4. The Balaban J connectivity index is 1.17. The molecule has 0 bridgehead atoms. The zero-order valence-corrected chi connectivity index (χ0v) is 40.3. The average molecular weight is 861 g/mol. The lowest BCUT2D eigenvalue weighted by molar-refractivity contribution is 0.656. The van der Waals surface area contributed by atoms with Crippen LogP contribution < -0.4 is 9.80 Å². The van der Waals surface area contributed by atoms with E-state index in [1.807, 2.05) is 0 Å².